The summed E-state index contributed by atoms with van der Waals surface area (Å²) in [6.45, 7) is 9.07. The third-order valence-corrected chi connectivity index (χ3v) is 4.12. The molecular formula is C17H24FN3. The second-order valence-corrected chi connectivity index (χ2v) is 5.59. The second-order valence-electron chi connectivity index (χ2n) is 5.59. The fourth-order valence-electron chi connectivity index (χ4n) is 2.89. The second kappa shape index (κ2) is 6.39. The molecule has 0 fully saturated rings. The van der Waals surface area contributed by atoms with Gasteiger partial charge in [0.05, 0.1) is 5.69 Å². The van der Waals surface area contributed by atoms with Crippen LogP contribution in [0, 0.1) is 26.6 Å². The maximum Gasteiger partial charge on any atom is 0.123 e. The van der Waals surface area contributed by atoms with E-state index < -0.39 is 0 Å². The average Bonchev–Trinajstić information content (AvgIpc) is 2.65. The molecule has 1 N–H and O–H groups in total. The smallest absolute Gasteiger partial charge is 0.123 e. The van der Waals surface area contributed by atoms with Gasteiger partial charge in [-0.2, -0.15) is 5.10 Å². The Bertz CT molecular complexity index is 631. The summed E-state index contributed by atoms with van der Waals surface area (Å²) in [6.07, 6.45) is 0.867. The molecule has 0 radical (unpaired) electrons. The first-order chi connectivity index (χ1) is 9.93. The van der Waals surface area contributed by atoms with Gasteiger partial charge in [-0.25, -0.2) is 4.39 Å². The van der Waals surface area contributed by atoms with E-state index in [0.29, 0.717) is 0 Å². The van der Waals surface area contributed by atoms with Crippen LogP contribution in [0.2, 0.25) is 0 Å². The van der Waals surface area contributed by atoms with Crippen molar-refractivity contribution in [3.8, 4) is 0 Å². The maximum absolute atomic E-state index is 13.3. The van der Waals surface area contributed by atoms with E-state index in [4.69, 9.17) is 0 Å². The molecule has 0 bridgehead atoms. The molecule has 2 rings (SSSR count). The van der Waals surface area contributed by atoms with Crippen molar-refractivity contribution in [1.29, 1.82) is 0 Å². The van der Waals surface area contributed by atoms with Gasteiger partial charge in [0.1, 0.15) is 5.82 Å². The summed E-state index contributed by atoms with van der Waals surface area (Å²) in [4.78, 5) is 0. The molecule has 4 heteroatoms. The summed E-state index contributed by atoms with van der Waals surface area (Å²) in [5.74, 6) is -0.180. The Morgan fingerprint density at radius 1 is 1.29 bits per heavy atom. The number of halogens is 1. The Morgan fingerprint density at radius 3 is 2.52 bits per heavy atom. The summed E-state index contributed by atoms with van der Waals surface area (Å²) in [5, 5.41) is 7.99. The molecule has 0 aliphatic rings. The number of aromatic nitrogens is 2. The quantitative estimate of drug-likeness (QED) is 0.914. The van der Waals surface area contributed by atoms with E-state index in [9.17, 15) is 4.39 Å². The van der Waals surface area contributed by atoms with E-state index in [1.165, 1.54) is 17.3 Å². The van der Waals surface area contributed by atoms with Crippen molar-refractivity contribution >= 4 is 0 Å². The lowest BCUT2D eigenvalue weighted by molar-refractivity contribution is 0.542. The topological polar surface area (TPSA) is 29.9 Å². The molecule has 0 saturated carbocycles. The molecule has 1 aromatic heterocycles. The summed E-state index contributed by atoms with van der Waals surface area (Å²) >= 11 is 0. The summed E-state index contributed by atoms with van der Waals surface area (Å²) in [5.41, 5.74) is 5.67. The van der Waals surface area contributed by atoms with Crippen molar-refractivity contribution < 1.29 is 4.39 Å². The molecule has 1 atom stereocenters. The maximum atomic E-state index is 13.3. The van der Waals surface area contributed by atoms with Crippen molar-refractivity contribution in [2.75, 3.05) is 6.54 Å². The molecule has 2 aromatic rings. The molecule has 0 amide bonds. The Labute approximate surface area is 126 Å². The van der Waals surface area contributed by atoms with Gasteiger partial charge in [-0.15, -0.1) is 0 Å². The fraction of sp³-hybridized carbons (Fsp3) is 0.471. The van der Waals surface area contributed by atoms with Gasteiger partial charge in [-0.3, -0.25) is 4.68 Å². The summed E-state index contributed by atoms with van der Waals surface area (Å²) in [7, 11) is 1.97. The zero-order valence-corrected chi connectivity index (χ0v) is 13.5. The SMILES string of the molecule is CCNC(Cc1c(C)nn(C)c1C)c1ccc(F)cc1C. The van der Waals surface area contributed by atoms with Gasteiger partial charge in [0.25, 0.3) is 0 Å². The van der Waals surface area contributed by atoms with E-state index >= 15 is 0 Å². The normalized spacial score (nSPS) is 12.7. The first-order valence-corrected chi connectivity index (χ1v) is 7.42. The van der Waals surface area contributed by atoms with Crippen molar-refractivity contribution in [3.63, 3.8) is 0 Å². The Kier molecular flexibility index (Phi) is 4.78. The molecule has 1 aromatic carbocycles. The van der Waals surface area contributed by atoms with Crippen LogP contribution in [0.25, 0.3) is 0 Å². The number of likely N-dealkylation sites (N-methyl/N-ethyl adjacent to an activating group) is 1. The third kappa shape index (κ3) is 3.32. The lowest BCUT2D eigenvalue weighted by Gasteiger charge is -2.21. The van der Waals surface area contributed by atoms with E-state index in [0.717, 1.165) is 29.8 Å². The Balaban J connectivity index is 2.35. The first kappa shape index (κ1) is 15.7. The van der Waals surface area contributed by atoms with Crippen molar-refractivity contribution in [3.05, 3.63) is 52.1 Å². The fourth-order valence-corrected chi connectivity index (χ4v) is 2.89. The number of nitrogens with zero attached hydrogens (tertiary/aromatic N) is 2. The van der Waals surface area contributed by atoms with Crippen LogP contribution < -0.4 is 5.32 Å². The zero-order chi connectivity index (χ0) is 15.6. The van der Waals surface area contributed by atoms with Gasteiger partial charge in [0.15, 0.2) is 0 Å². The van der Waals surface area contributed by atoms with Crippen LogP contribution in [-0.2, 0) is 13.5 Å². The largest absolute Gasteiger partial charge is 0.310 e. The monoisotopic (exact) mass is 289 g/mol. The first-order valence-electron chi connectivity index (χ1n) is 7.42. The summed E-state index contributed by atoms with van der Waals surface area (Å²) < 4.78 is 15.2. The van der Waals surface area contributed by atoms with Crippen LogP contribution in [0.5, 0.6) is 0 Å². The highest BCUT2D eigenvalue weighted by Gasteiger charge is 2.18. The molecule has 114 valence electrons. The number of hydrogen-bond acceptors (Lipinski definition) is 2. The van der Waals surface area contributed by atoms with E-state index in [1.807, 2.05) is 31.6 Å². The number of rotatable bonds is 5. The van der Waals surface area contributed by atoms with Crippen molar-refractivity contribution in [1.82, 2.24) is 15.1 Å². The van der Waals surface area contributed by atoms with Crippen LogP contribution in [-0.4, -0.2) is 16.3 Å². The molecule has 0 aliphatic carbocycles. The molecule has 0 saturated heterocycles. The number of nitrogens with one attached hydrogen (secondary N) is 1. The van der Waals surface area contributed by atoms with E-state index in [2.05, 4.69) is 24.3 Å². The zero-order valence-electron chi connectivity index (χ0n) is 13.5. The highest BCUT2D eigenvalue weighted by atomic mass is 19.1. The van der Waals surface area contributed by atoms with Crippen LogP contribution >= 0.6 is 0 Å². The molecule has 21 heavy (non-hydrogen) atoms. The van der Waals surface area contributed by atoms with E-state index in [-0.39, 0.29) is 11.9 Å². The highest BCUT2D eigenvalue weighted by molar-refractivity contribution is 5.33. The molecule has 1 heterocycles. The lowest BCUT2D eigenvalue weighted by Crippen LogP contribution is -2.24. The standard InChI is InChI=1S/C17H24FN3/c1-6-19-17(15-8-7-14(18)9-11(15)2)10-16-12(3)20-21(5)13(16)4/h7-9,17,19H,6,10H2,1-5H3. The number of aryl methyl sites for hydroxylation is 3. The average molecular weight is 289 g/mol. The van der Waals surface area contributed by atoms with E-state index in [1.54, 1.807) is 6.07 Å². The molecule has 3 nitrogen and oxygen atoms in total. The number of benzene rings is 1. The lowest BCUT2D eigenvalue weighted by atomic mass is 9.94. The minimum atomic E-state index is -0.180. The summed E-state index contributed by atoms with van der Waals surface area (Å²) in [6, 6.07) is 5.20. The predicted molar refractivity (Wildman–Crippen MR) is 83.9 cm³/mol. The predicted octanol–water partition coefficient (Wildman–Crippen LogP) is 3.38. The minimum Gasteiger partial charge on any atom is -0.310 e. The van der Waals surface area contributed by atoms with Gasteiger partial charge >= 0.3 is 0 Å². The van der Waals surface area contributed by atoms with Crippen molar-refractivity contribution in [2.45, 2.75) is 40.2 Å². The minimum absolute atomic E-state index is 0.178. The van der Waals surface area contributed by atoms with Gasteiger partial charge in [-0.05, 0) is 62.6 Å². The highest BCUT2D eigenvalue weighted by Crippen LogP contribution is 2.25. The van der Waals surface area contributed by atoms with Gasteiger partial charge < -0.3 is 5.32 Å². The van der Waals surface area contributed by atoms with Crippen LogP contribution in [0.15, 0.2) is 18.2 Å². The number of hydrogen-bond donors (Lipinski definition) is 1. The van der Waals surface area contributed by atoms with Crippen LogP contribution in [0.3, 0.4) is 0 Å². The Hall–Kier alpha value is -1.68. The van der Waals surface area contributed by atoms with Gasteiger partial charge in [0.2, 0.25) is 0 Å². The van der Waals surface area contributed by atoms with Gasteiger partial charge in [-0.1, -0.05) is 13.0 Å². The third-order valence-electron chi connectivity index (χ3n) is 4.12. The van der Waals surface area contributed by atoms with Crippen molar-refractivity contribution in [2.24, 2.45) is 7.05 Å². The Morgan fingerprint density at radius 2 is 2.00 bits per heavy atom. The molecule has 0 spiro atoms. The van der Waals surface area contributed by atoms with Crippen LogP contribution in [0.4, 0.5) is 4.39 Å². The van der Waals surface area contributed by atoms with Gasteiger partial charge in [0, 0.05) is 18.8 Å². The molecule has 1 unspecified atom stereocenters. The molecule has 0 aliphatic heterocycles. The molecular weight excluding hydrogens is 265 g/mol. The van der Waals surface area contributed by atoms with Crippen LogP contribution in [0.1, 0.15) is 41.0 Å².